The van der Waals surface area contributed by atoms with Crippen LogP contribution in [0.1, 0.15) is 18.4 Å². The highest BCUT2D eigenvalue weighted by molar-refractivity contribution is 9.10. The summed E-state index contributed by atoms with van der Waals surface area (Å²) >= 11 is 3.35. The van der Waals surface area contributed by atoms with Gasteiger partial charge in [-0.15, -0.1) is 0 Å². The summed E-state index contributed by atoms with van der Waals surface area (Å²) in [7, 11) is 0. The molecule has 2 rings (SSSR count). The summed E-state index contributed by atoms with van der Waals surface area (Å²) < 4.78 is 24.9. The van der Waals surface area contributed by atoms with Crippen LogP contribution < -0.4 is 15.2 Å². The van der Waals surface area contributed by atoms with Crippen LogP contribution in [0.5, 0.6) is 11.5 Å². The van der Waals surface area contributed by atoms with Crippen LogP contribution in [0.2, 0.25) is 0 Å². The fourth-order valence-corrected chi connectivity index (χ4v) is 2.27. The van der Waals surface area contributed by atoms with Crippen molar-refractivity contribution in [3.05, 3.63) is 21.9 Å². The molecule has 0 saturated carbocycles. The lowest BCUT2D eigenvalue weighted by Gasteiger charge is -2.08. The van der Waals surface area contributed by atoms with E-state index >= 15 is 0 Å². The number of ether oxygens (including phenoxy) is 2. The molecule has 0 radical (unpaired) electrons. The smallest absolute Gasteiger partial charge is 0.231 e. The molecule has 0 amide bonds. The highest BCUT2D eigenvalue weighted by Crippen LogP contribution is 2.40. The normalized spacial score (nSPS) is 13.2. The Labute approximate surface area is 102 Å². The first-order valence-electron chi connectivity index (χ1n) is 5.20. The van der Waals surface area contributed by atoms with Gasteiger partial charge in [-0.2, -0.15) is 0 Å². The van der Waals surface area contributed by atoms with Crippen molar-refractivity contribution < 1.29 is 13.9 Å². The summed E-state index contributed by atoms with van der Waals surface area (Å²) in [5.74, 6) is 0.372. The Bertz CT molecular complexity index is 398. The first-order valence-corrected chi connectivity index (χ1v) is 6.00. The van der Waals surface area contributed by atoms with E-state index in [-0.39, 0.29) is 18.4 Å². The largest absolute Gasteiger partial charge is 0.453 e. The molecule has 0 unspecified atom stereocenters. The van der Waals surface area contributed by atoms with Gasteiger partial charge in [-0.25, -0.2) is 4.39 Å². The minimum Gasteiger partial charge on any atom is -0.453 e. The number of halogens is 2. The maximum Gasteiger partial charge on any atom is 0.231 e. The zero-order valence-electron chi connectivity index (χ0n) is 8.76. The van der Waals surface area contributed by atoms with Crippen molar-refractivity contribution >= 4 is 15.9 Å². The Balaban J connectivity index is 2.24. The van der Waals surface area contributed by atoms with Crippen LogP contribution in [0.15, 0.2) is 10.5 Å². The fraction of sp³-hybridized carbons (Fsp3) is 0.455. The summed E-state index contributed by atoms with van der Waals surface area (Å²) in [6, 6.07) is 1.75. The molecule has 1 aromatic rings. The number of hydrogen-bond acceptors (Lipinski definition) is 3. The van der Waals surface area contributed by atoms with Crippen molar-refractivity contribution in [1.29, 1.82) is 0 Å². The van der Waals surface area contributed by atoms with Crippen molar-refractivity contribution in [2.24, 2.45) is 5.73 Å². The standard InChI is InChI=1S/C11H13BrFNO2/c12-8-5-9-11(16-6-15-9)10(13)7(8)3-1-2-4-14/h5H,1-4,6,14H2. The van der Waals surface area contributed by atoms with Crippen molar-refractivity contribution in [3.8, 4) is 11.5 Å². The molecule has 0 aliphatic carbocycles. The molecule has 1 aliphatic rings. The van der Waals surface area contributed by atoms with E-state index in [9.17, 15) is 4.39 Å². The van der Waals surface area contributed by atoms with Gasteiger partial charge in [-0.1, -0.05) is 15.9 Å². The lowest BCUT2D eigenvalue weighted by atomic mass is 10.1. The molecule has 0 saturated heterocycles. The minimum absolute atomic E-state index is 0.0882. The van der Waals surface area contributed by atoms with Gasteiger partial charge in [0.15, 0.2) is 11.6 Å². The summed E-state index contributed by atoms with van der Waals surface area (Å²) in [5, 5.41) is 0. The predicted molar refractivity (Wildman–Crippen MR) is 62.2 cm³/mol. The van der Waals surface area contributed by atoms with Gasteiger partial charge in [-0.05, 0) is 31.9 Å². The van der Waals surface area contributed by atoms with Gasteiger partial charge in [-0.3, -0.25) is 0 Å². The van der Waals surface area contributed by atoms with Crippen LogP contribution in [0.4, 0.5) is 4.39 Å². The Hall–Kier alpha value is -0.810. The zero-order chi connectivity index (χ0) is 11.5. The van der Waals surface area contributed by atoms with Crippen molar-refractivity contribution in [3.63, 3.8) is 0 Å². The first kappa shape index (κ1) is 11.7. The van der Waals surface area contributed by atoms with E-state index in [0.717, 1.165) is 17.3 Å². The fourth-order valence-electron chi connectivity index (χ4n) is 1.69. The molecular weight excluding hydrogens is 277 g/mol. The summed E-state index contributed by atoms with van der Waals surface area (Å²) in [6.07, 6.45) is 2.41. The topological polar surface area (TPSA) is 44.5 Å². The van der Waals surface area contributed by atoms with Crippen LogP contribution in [0.25, 0.3) is 0 Å². The van der Waals surface area contributed by atoms with Gasteiger partial charge in [0.2, 0.25) is 12.5 Å². The Morgan fingerprint density at radius 1 is 1.38 bits per heavy atom. The molecule has 88 valence electrons. The van der Waals surface area contributed by atoms with Crippen LogP contribution in [0.3, 0.4) is 0 Å². The van der Waals surface area contributed by atoms with Gasteiger partial charge in [0.1, 0.15) is 0 Å². The third-order valence-corrected chi connectivity index (χ3v) is 3.24. The highest BCUT2D eigenvalue weighted by atomic mass is 79.9. The van der Waals surface area contributed by atoms with E-state index in [1.54, 1.807) is 6.07 Å². The summed E-state index contributed by atoms with van der Waals surface area (Å²) in [5.41, 5.74) is 6.05. The number of benzene rings is 1. The quantitative estimate of drug-likeness (QED) is 0.867. The molecule has 0 atom stereocenters. The van der Waals surface area contributed by atoms with Gasteiger partial charge in [0.25, 0.3) is 0 Å². The SMILES string of the molecule is NCCCCc1c(Br)cc2c(c1F)OCO2. The monoisotopic (exact) mass is 289 g/mol. The number of fused-ring (bicyclic) bond motifs is 1. The van der Waals surface area contributed by atoms with E-state index < -0.39 is 0 Å². The second kappa shape index (κ2) is 5.01. The molecule has 16 heavy (non-hydrogen) atoms. The first-order chi connectivity index (χ1) is 7.74. The molecule has 0 bridgehead atoms. The molecule has 0 fully saturated rings. The molecule has 3 nitrogen and oxygen atoms in total. The summed E-state index contributed by atoms with van der Waals surface area (Å²) in [6.45, 7) is 0.717. The second-order valence-electron chi connectivity index (χ2n) is 3.63. The van der Waals surface area contributed by atoms with E-state index in [4.69, 9.17) is 15.2 Å². The van der Waals surface area contributed by atoms with Gasteiger partial charge >= 0.3 is 0 Å². The molecule has 0 spiro atoms. The third kappa shape index (κ3) is 2.15. The van der Waals surface area contributed by atoms with Gasteiger partial charge < -0.3 is 15.2 Å². The number of hydrogen-bond donors (Lipinski definition) is 1. The van der Waals surface area contributed by atoms with Crippen molar-refractivity contribution in [2.45, 2.75) is 19.3 Å². The van der Waals surface area contributed by atoms with Crippen LogP contribution in [-0.2, 0) is 6.42 Å². The molecule has 0 aromatic heterocycles. The van der Waals surface area contributed by atoms with Crippen LogP contribution in [0, 0.1) is 5.82 Å². The number of rotatable bonds is 4. The Kier molecular flexibility index (Phi) is 3.66. The third-order valence-electron chi connectivity index (χ3n) is 2.53. The molecule has 1 aliphatic heterocycles. The van der Waals surface area contributed by atoms with Gasteiger partial charge in [0.05, 0.1) is 0 Å². The van der Waals surface area contributed by atoms with Crippen molar-refractivity contribution in [2.75, 3.05) is 13.3 Å². The molecular formula is C11H13BrFNO2. The van der Waals surface area contributed by atoms with E-state index in [2.05, 4.69) is 15.9 Å². The molecule has 1 heterocycles. The molecule has 5 heteroatoms. The van der Waals surface area contributed by atoms with Gasteiger partial charge in [0, 0.05) is 10.0 Å². The average Bonchev–Trinajstić information content (AvgIpc) is 2.71. The predicted octanol–water partition coefficient (Wildman–Crippen LogP) is 2.60. The second-order valence-corrected chi connectivity index (χ2v) is 4.48. The van der Waals surface area contributed by atoms with Crippen molar-refractivity contribution in [1.82, 2.24) is 0 Å². The van der Waals surface area contributed by atoms with E-state index in [1.165, 1.54) is 0 Å². The lowest BCUT2D eigenvalue weighted by Crippen LogP contribution is -2.01. The average molecular weight is 290 g/mol. The van der Waals surface area contributed by atoms with E-state index in [1.807, 2.05) is 0 Å². The zero-order valence-corrected chi connectivity index (χ0v) is 10.3. The number of unbranched alkanes of at least 4 members (excludes halogenated alkanes) is 1. The molecule has 1 aromatic carbocycles. The maximum absolute atomic E-state index is 14.0. The molecule has 2 N–H and O–H groups in total. The van der Waals surface area contributed by atoms with E-state index in [0.29, 0.717) is 24.3 Å². The summed E-state index contributed by atoms with van der Waals surface area (Å²) in [4.78, 5) is 0. The van der Waals surface area contributed by atoms with Crippen LogP contribution in [-0.4, -0.2) is 13.3 Å². The highest BCUT2D eigenvalue weighted by Gasteiger charge is 2.23. The maximum atomic E-state index is 14.0. The Morgan fingerprint density at radius 2 is 2.19 bits per heavy atom. The van der Waals surface area contributed by atoms with Crippen LogP contribution >= 0.6 is 15.9 Å². The minimum atomic E-state index is -0.320. The lowest BCUT2D eigenvalue weighted by molar-refractivity contribution is 0.170. The Morgan fingerprint density at radius 3 is 2.94 bits per heavy atom. The number of nitrogens with two attached hydrogens (primary N) is 1.